The van der Waals surface area contributed by atoms with E-state index in [0.29, 0.717) is 0 Å². The number of hydrogen-bond donors (Lipinski definition) is 1. The monoisotopic (exact) mass is 269 g/mol. The molecule has 0 bridgehead atoms. The van der Waals surface area contributed by atoms with Crippen LogP contribution in [0.25, 0.3) is 0 Å². The van der Waals surface area contributed by atoms with Gasteiger partial charge in [-0.15, -0.1) is 0 Å². The Morgan fingerprint density at radius 3 is 2.70 bits per heavy atom. The van der Waals surface area contributed by atoms with Gasteiger partial charge in [-0.25, -0.2) is 0 Å². The van der Waals surface area contributed by atoms with E-state index in [1.165, 1.54) is 0 Å². The summed E-state index contributed by atoms with van der Waals surface area (Å²) in [5.41, 5.74) is 1.91. The molecule has 0 unspecified atom stereocenters. The summed E-state index contributed by atoms with van der Waals surface area (Å²) in [5.74, 6) is 1.48. The fourth-order valence-corrected chi connectivity index (χ4v) is 2.08. The highest BCUT2D eigenvalue weighted by molar-refractivity contribution is 5.81. The van der Waals surface area contributed by atoms with Gasteiger partial charge in [0.25, 0.3) is 0 Å². The van der Waals surface area contributed by atoms with Crippen LogP contribution in [0.1, 0.15) is 17.2 Å². The highest BCUT2D eigenvalue weighted by Gasteiger charge is 2.13. The highest BCUT2D eigenvalue weighted by Crippen LogP contribution is 2.32. The molecule has 0 aromatic heterocycles. The van der Waals surface area contributed by atoms with Gasteiger partial charge >= 0.3 is 0 Å². The van der Waals surface area contributed by atoms with Crippen molar-refractivity contribution in [3.63, 3.8) is 0 Å². The van der Waals surface area contributed by atoms with Gasteiger partial charge in [0.05, 0.1) is 12.6 Å². The Morgan fingerprint density at radius 2 is 1.90 bits per heavy atom. The summed E-state index contributed by atoms with van der Waals surface area (Å²) in [6.45, 7) is 0.240. The van der Waals surface area contributed by atoms with Crippen molar-refractivity contribution in [1.82, 2.24) is 0 Å². The van der Waals surface area contributed by atoms with E-state index < -0.39 is 0 Å². The number of aliphatic imine (C=N–C) groups is 1. The molecule has 3 rings (SSSR count). The minimum Gasteiger partial charge on any atom is -0.454 e. The van der Waals surface area contributed by atoms with Crippen molar-refractivity contribution in [2.24, 2.45) is 4.99 Å². The lowest BCUT2D eigenvalue weighted by atomic mass is 10.1. The molecule has 1 atom stereocenters. The van der Waals surface area contributed by atoms with Crippen LogP contribution in [-0.4, -0.2) is 24.7 Å². The fraction of sp³-hybridized carbons (Fsp3) is 0.188. The number of aliphatic hydroxyl groups is 1. The van der Waals surface area contributed by atoms with E-state index in [0.717, 1.165) is 22.6 Å². The first-order valence-electron chi connectivity index (χ1n) is 6.45. The van der Waals surface area contributed by atoms with Crippen LogP contribution in [0.5, 0.6) is 11.5 Å². The number of ether oxygens (including phenoxy) is 2. The molecule has 4 heteroatoms. The molecule has 1 N–H and O–H groups in total. The minimum atomic E-state index is -0.248. The fourth-order valence-electron chi connectivity index (χ4n) is 2.08. The number of hydrogen-bond acceptors (Lipinski definition) is 4. The molecule has 4 nitrogen and oxygen atoms in total. The van der Waals surface area contributed by atoms with Crippen LogP contribution in [0.3, 0.4) is 0 Å². The second kappa shape index (κ2) is 5.75. The first kappa shape index (κ1) is 12.7. The molecular weight excluding hydrogens is 254 g/mol. The van der Waals surface area contributed by atoms with E-state index in [4.69, 9.17) is 9.47 Å². The molecule has 102 valence electrons. The van der Waals surface area contributed by atoms with E-state index in [1.807, 2.05) is 48.5 Å². The third-order valence-corrected chi connectivity index (χ3v) is 3.16. The van der Waals surface area contributed by atoms with Crippen molar-refractivity contribution in [2.45, 2.75) is 6.04 Å². The molecule has 2 aromatic carbocycles. The van der Waals surface area contributed by atoms with E-state index in [9.17, 15) is 5.11 Å². The summed E-state index contributed by atoms with van der Waals surface area (Å²) in [6, 6.07) is 15.1. The molecule has 0 radical (unpaired) electrons. The molecule has 0 spiro atoms. The van der Waals surface area contributed by atoms with E-state index in [-0.39, 0.29) is 19.4 Å². The van der Waals surface area contributed by atoms with E-state index >= 15 is 0 Å². The average molecular weight is 269 g/mol. The van der Waals surface area contributed by atoms with E-state index in [2.05, 4.69) is 4.99 Å². The second-order valence-corrected chi connectivity index (χ2v) is 4.50. The average Bonchev–Trinajstić information content (AvgIpc) is 2.96. The maximum atomic E-state index is 9.45. The quantitative estimate of drug-likeness (QED) is 0.868. The molecule has 0 saturated carbocycles. The Morgan fingerprint density at radius 1 is 1.10 bits per heavy atom. The van der Waals surface area contributed by atoms with Crippen LogP contribution in [0.15, 0.2) is 53.5 Å². The van der Waals surface area contributed by atoms with Crippen molar-refractivity contribution >= 4 is 6.21 Å². The summed E-state index contributed by atoms with van der Waals surface area (Å²) in [6.07, 6.45) is 1.75. The minimum absolute atomic E-state index is 0.0228. The zero-order chi connectivity index (χ0) is 13.8. The van der Waals surface area contributed by atoms with E-state index in [1.54, 1.807) is 6.21 Å². The van der Waals surface area contributed by atoms with Gasteiger partial charge in [0.2, 0.25) is 6.79 Å². The molecule has 0 amide bonds. The van der Waals surface area contributed by atoms with Gasteiger partial charge in [-0.2, -0.15) is 0 Å². The Hall–Kier alpha value is -2.33. The lowest BCUT2D eigenvalue weighted by Crippen LogP contribution is -2.01. The number of benzene rings is 2. The maximum absolute atomic E-state index is 9.45. The van der Waals surface area contributed by atoms with Gasteiger partial charge in [0.1, 0.15) is 0 Å². The highest BCUT2D eigenvalue weighted by atomic mass is 16.7. The van der Waals surface area contributed by atoms with Gasteiger partial charge in [0, 0.05) is 6.21 Å². The third kappa shape index (κ3) is 2.65. The topological polar surface area (TPSA) is 51.1 Å². The molecule has 1 heterocycles. The smallest absolute Gasteiger partial charge is 0.231 e. The lowest BCUT2D eigenvalue weighted by molar-refractivity contribution is 0.174. The van der Waals surface area contributed by atoms with Crippen molar-refractivity contribution in [2.75, 3.05) is 13.4 Å². The van der Waals surface area contributed by atoms with Crippen LogP contribution in [0.4, 0.5) is 0 Å². The predicted octanol–water partition coefficient (Wildman–Crippen LogP) is 2.57. The summed E-state index contributed by atoms with van der Waals surface area (Å²) < 4.78 is 10.6. The second-order valence-electron chi connectivity index (χ2n) is 4.50. The molecule has 1 aliphatic heterocycles. The molecular formula is C16H15NO3. The number of fused-ring (bicyclic) bond motifs is 1. The van der Waals surface area contributed by atoms with Crippen LogP contribution in [0.2, 0.25) is 0 Å². The molecule has 20 heavy (non-hydrogen) atoms. The van der Waals surface area contributed by atoms with Crippen molar-refractivity contribution in [3.8, 4) is 11.5 Å². The molecule has 0 fully saturated rings. The molecule has 0 aliphatic carbocycles. The summed E-state index contributed by atoms with van der Waals surface area (Å²) in [5, 5.41) is 9.45. The lowest BCUT2D eigenvalue weighted by Gasteiger charge is -2.09. The van der Waals surface area contributed by atoms with Gasteiger partial charge in [0.15, 0.2) is 11.5 Å². The molecule has 0 saturated heterocycles. The number of rotatable bonds is 4. The van der Waals surface area contributed by atoms with Crippen molar-refractivity contribution < 1.29 is 14.6 Å². The van der Waals surface area contributed by atoms with Crippen molar-refractivity contribution in [1.29, 1.82) is 0 Å². The SMILES string of the molecule is OC[C@@H](N=Cc1ccc2c(c1)OCO2)c1ccccc1. The van der Waals surface area contributed by atoms with Gasteiger partial charge in [-0.1, -0.05) is 30.3 Å². The Bertz CT molecular complexity index is 610. The largest absolute Gasteiger partial charge is 0.454 e. The van der Waals surface area contributed by atoms with Crippen LogP contribution < -0.4 is 9.47 Å². The first-order chi connectivity index (χ1) is 9.86. The van der Waals surface area contributed by atoms with Crippen LogP contribution in [-0.2, 0) is 0 Å². The number of aliphatic hydroxyl groups excluding tert-OH is 1. The van der Waals surface area contributed by atoms with Gasteiger partial charge in [-0.3, -0.25) is 4.99 Å². The Labute approximate surface area is 117 Å². The summed E-state index contributed by atoms with van der Waals surface area (Å²) in [7, 11) is 0. The number of nitrogens with zero attached hydrogens (tertiary/aromatic N) is 1. The summed E-state index contributed by atoms with van der Waals surface area (Å²) >= 11 is 0. The Balaban J connectivity index is 1.79. The zero-order valence-corrected chi connectivity index (χ0v) is 10.9. The normalized spacial score (nSPS) is 14.7. The van der Waals surface area contributed by atoms with Gasteiger partial charge < -0.3 is 14.6 Å². The van der Waals surface area contributed by atoms with Gasteiger partial charge in [-0.05, 0) is 29.3 Å². The first-order valence-corrected chi connectivity index (χ1v) is 6.45. The maximum Gasteiger partial charge on any atom is 0.231 e. The van der Waals surface area contributed by atoms with Crippen LogP contribution >= 0.6 is 0 Å². The summed E-state index contributed by atoms with van der Waals surface area (Å²) in [4.78, 5) is 4.44. The van der Waals surface area contributed by atoms with Crippen LogP contribution in [0, 0.1) is 0 Å². The predicted molar refractivity (Wildman–Crippen MR) is 76.4 cm³/mol. The zero-order valence-electron chi connectivity index (χ0n) is 10.9. The van der Waals surface area contributed by atoms with Crippen molar-refractivity contribution in [3.05, 3.63) is 59.7 Å². The standard InChI is InChI=1S/C16H15NO3/c18-10-14(13-4-2-1-3-5-13)17-9-12-6-7-15-16(8-12)20-11-19-15/h1-9,14,18H,10-11H2/t14-/m1/s1. The molecule has 2 aromatic rings. The third-order valence-electron chi connectivity index (χ3n) is 3.16. The Kier molecular flexibility index (Phi) is 3.65. The molecule has 1 aliphatic rings.